The van der Waals surface area contributed by atoms with Crippen LogP contribution < -0.4 is 0 Å². The molecule has 0 spiro atoms. The topological polar surface area (TPSA) is 0 Å². The molecule has 0 N–H and O–H groups in total. The van der Waals surface area contributed by atoms with Gasteiger partial charge in [-0.05, 0) is 317 Å². The molecule has 0 heterocycles. The molecule has 144 heavy (non-hydrogen) atoms. The summed E-state index contributed by atoms with van der Waals surface area (Å²) in [6, 6.07) is 114. The minimum atomic E-state index is 0.0671. The van der Waals surface area contributed by atoms with Crippen LogP contribution in [0.5, 0.6) is 0 Å². The molecule has 0 aliphatic rings. The van der Waals surface area contributed by atoms with Gasteiger partial charge in [0.2, 0.25) is 0 Å². The summed E-state index contributed by atoms with van der Waals surface area (Å²) in [4.78, 5) is 0. The molecule has 0 radical (unpaired) electrons. The maximum atomic E-state index is 2.39. The highest BCUT2D eigenvalue weighted by Crippen LogP contribution is 2.37. The lowest BCUT2D eigenvalue weighted by atomic mass is 9.86. The Hall–Kier alpha value is -13.3. The van der Waals surface area contributed by atoms with Crippen LogP contribution in [0.4, 0.5) is 0 Å². The summed E-state index contributed by atoms with van der Waals surface area (Å²) in [5.41, 5.74) is 41.0. The van der Waals surface area contributed by atoms with E-state index >= 15 is 0 Å². The van der Waals surface area contributed by atoms with Gasteiger partial charge in [-0.25, -0.2) is 0 Å². The number of benzene rings is 14. The first-order chi connectivity index (χ1) is 68.2. The van der Waals surface area contributed by atoms with Crippen LogP contribution in [0, 0.1) is 0 Å². The van der Waals surface area contributed by atoms with Gasteiger partial charge >= 0.3 is 0 Å². The Morgan fingerprint density at radius 2 is 0.201 bits per heavy atom. The van der Waals surface area contributed by atoms with Crippen molar-refractivity contribution in [1.82, 2.24) is 0 Å². The predicted octanol–water partition coefficient (Wildman–Crippen LogP) is 41.2. The fraction of sp³-hybridized carbons (Fsp3) is 0.239. The van der Waals surface area contributed by atoms with Crippen LogP contribution >= 0.6 is 21.6 Å². The summed E-state index contributed by atoms with van der Waals surface area (Å²) in [5, 5.41) is 0. The van der Waals surface area contributed by atoms with E-state index in [0.717, 1.165) is 101 Å². The molecular formula is C142H150S2. The fourth-order valence-electron chi connectivity index (χ4n) is 17.3. The molecule has 0 amide bonds. The Morgan fingerprint density at radius 3 is 0.292 bits per heavy atom. The summed E-state index contributed by atoms with van der Waals surface area (Å²) in [7, 11) is 3.82. The molecular weight excluding hydrogens is 1770 g/mol. The van der Waals surface area contributed by atoms with Crippen molar-refractivity contribution in [2.45, 2.75) is 221 Å². The molecule has 0 aliphatic heterocycles. The summed E-state index contributed by atoms with van der Waals surface area (Å²) in [6.07, 6.45) is 54.4. The van der Waals surface area contributed by atoms with E-state index in [2.05, 4.69) is 615 Å². The molecule has 0 saturated heterocycles. The number of hydrogen-bond acceptors (Lipinski definition) is 2. The highest BCUT2D eigenvalue weighted by Gasteiger charge is 2.21. The lowest BCUT2D eigenvalue weighted by molar-refractivity contribution is 0.590. The maximum absolute atomic E-state index is 2.39. The van der Waals surface area contributed by atoms with Gasteiger partial charge in [-0.15, -0.1) is 0 Å². The van der Waals surface area contributed by atoms with Crippen molar-refractivity contribution in [2.75, 3.05) is 0 Å². The fourth-order valence-corrected chi connectivity index (χ4v) is 19.4. The van der Waals surface area contributed by atoms with Crippen LogP contribution in [0.15, 0.2) is 303 Å². The van der Waals surface area contributed by atoms with Crippen LogP contribution in [0.1, 0.15) is 355 Å². The molecule has 0 aliphatic carbocycles. The second-order valence-electron chi connectivity index (χ2n) is 47.2. The monoisotopic (exact) mass is 1920 g/mol. The molecule has 0 bridgehead atoms. The molecule has 14 rings (SSSR count). The largest absolute Gasteiger partial charge is 0.0890 e. The van der Waals surface area contributed by atoms with Gasteiger partial charge in [0.15, 0.2) is 0 Å². The average Bonchev–Trinajstić information content (AvgIpc) is 0.831. The summed E-state index contributed by atoms with van der Waals surface area (Å²) < 4.78 is 0. The number of hydrogen-bond donors (Lipinski definition) is 0. The zero-order chi connectivity index (χ0) is 103. The maximum Gasteiger partial charge on any atom is 0.0289 e. The summed E-state index contributed by atoms with van der Waals surface area (Å²) in [5.74, 6) is 1.56. The Morgan fingerprint density at radius 1 is 0.118 bits per heavy atom. The first kappa shape index (κ1) is 106. The van der Waals surface area contributed by atoms with E-state index in [1.54, 1.807) is 0 Å². The molecule has 0 unspecified atom stereocenters. The van der Waals surface area contributed by atoms with E-state index < -0.39 is 0 Å². The normalized spacial score (nSPS) is 13.2. The lowest BCUT2D eigenvalue weighted by Gasteiger charge is -2.18. The second kappa shape index (κ2) is 46.6. The molecule has 14 aromatic rings. The Kier molecular flexibility index (Phi) is 34.4. The van der Waals surface area contributed by atoms with Crippen LogP contribution in [-0.4, -0.2) is 0 Å². The molecule has 0 fully saturated rings. The average molecular weight is 1920 g/mol. The van der Waals surface area contributed by atoms with E-state index in [0.29, 0.717) is 0 Å². The third-order valence-electron chi connectivity index (χ3n) is 26.4. The van der Waals surface area contributed by atoms with E-state index in [-0.39, 0.29) is 43.3 Å². The zero-order valence-electron chi connectivity index (χ0n) is 90.0. The molecule has 0 atom stereocenters. The smallest absolute Gasteiger partial charge is 0.0289 e. The van der Waals surface area contributed by atoms with E-state index in [9.17, 15) is 0 Å². The second-order valence-corrected chi connectivity index (χ2v) is 49.7. The summed E-state index contributed by atoms with van der Waals surface area (Å²) in [6.45, 7) is 54.6. The molecule has 0 saturated carbocycles. The van der Waals surface area contributed by atoms with Crippen molar-refractivity contribution < 1.29 is 0 Å². The van der Waals surface area contributed by atoms with Crippen LogP contribution in [-0.2, 0) is 54.8 Å². The first-order valence-electron chi connectivity index (χ1n) is 51.3. The van der Waals surface area contributed by atoms with Crippen molar-refractivity contribution in [3.05, 3.63) is 492 Å². The SMILES string of the molecule is CC(C)(C)c1ccc(/C=C/c2cc(/C=C/c3ccc(C(C)(C)C)cc3)cc(/C=C/c3cc(/C=C/c4cc(/C=C/c5ccc(C(C)(C)C)cc5)cc(/C=C/c5ccc(C(C)(C)C)cc5)c4)cc(CSSCc4cc(/C=C/c5cc(/C=C/c6ccc(C(C)(C)C)cc6)cc(/C=C/c6ccc(C(C)(C)C)cc6)c5)cc(/C=C/c5cc(/C=C/c6ccc(C(C)(C)C)cc6)cc(/C=C/c6ccc(C(C)(C)C)cc6)c5)c4)c3)c2)cc1. The van der Waals surface area contributed by atoms with Crippen LogP contribution in [0.2, 0.25) is 0 Å². The quantitative estimate of drug-likeness (QED) is 0.0260. The molecule has 14 aromatic carbocycles. The van der Waals surface area contributed by atoms with E-state index in [1.807, 2.05) is 21.6 Å². The van der Waals surface area contributed by atoms with Gasteiger partial charge in [0, 0.05) is 11.5 Å². The zero-order valence-corrected chi connectivity index (χ0v) is 91.6. The van der Waals surface area contributed by atoms with Gasteiger partial charge in [0.1, 0.15) is 0 Å². The molecule has 2 heteroatoms. The number of rotatable bonds is 29. The third kappa shape index (κ3) is 32.6. The van der Waals surface area contributed by atoms with E-state index in [1.165, 1.54) is 100 Å². The first-order valence-corrected chi connectivity index (χ1v) is 53.8. The summed E-state index contributed by atoms with van der Waals surface area (Å²) >= 11 is 0. The van der Waals surface area contributed by atoms with E-state index in [4.69, 9.17) is 0 Å². The van der Waals surface area contributed by atoms with Gasteiger partial charge < -0.3 is 0 Å². The van der Waals surface area contributed by atoms with Crippen molar-refractivity contribution in [2.24, 2.45) is 0 Å². The van der Waals surface area contributed by atoms with Gasteiger partial charge in [-0.3, -0.25) is 0 Å². The van der Waals surface area contributed by atoms with Gasteiger partial charge in [-0.2, -0.15) is 0 Å². The van der Waals surface area contributed by atoms with Crippen molar-refractivity contribution in [1.29, 1.82) is 0 Å². The van der Waals surface area contributed by atoms with Crippen LogP contribution in [0.3, 0.4) is 0 Å². The minimum Gasteiger partial charge on any atom is -0.0890 e. The highest BCUT2D eigenvalue weighted by atomic mass is 33.1. The van der Waals surface area contributed by atoms with Crippen molar-refractivity contribution in [3.63, 3.8) is 0 Å². The minimum absolute atomic E-state index is 0.0671. The third-order valence-corrected chi connectivity index (χ3v) is 28.7. The van der Waals surface area contributed by atoms with Crippen molar-refractivity contribution in [3.8, 4) is 0 Å². The molecule has 0 nitrogen and oxygen atoms in total. The van der Waals surface area contributed by atoms with Gasteiger partial charge in [-0.1, -0.05) is 552 Å². The predicted molar refractivity (Wildman–Crippen MR) is 650 cm³/mol. The van der Waals surface area contributed by atoms with Crippen molar-refractivity contribution >= 4 is 167 Å². The Balaban J connectivity index is 0.837. The molecule has 0 aromatic heterocycles. The standard InChI is InChI=1S/C142H150S2/c1-135(2,3)127-65-49-101(50-66-127)25-33-109-81-110(34-26-102-51-67-128(68-52-102)136(4,5)6)86-117(85-109)41-45-121-93-122(46-42-118-87-111(35-27-103-53-69-129(70-54-103)137(7,8)9)82-112(88-118)36-28-104-55-71-130(72-56-104)138(10,11)12)96-125(95-121)99-143-144-100-126-97-123(47-43-119-89-113(37-29-105-57-73-131(74-58-105)139(13,14)15)83-114(90-119)38-30-106-59-75-132(76-60-106)140(16,17)18)94-124(98-126)48-44-120-91-115(39-31-107-61-77-133(78-62-107)141(19,20)21)84-116(92-120)40-32-108-63-79-134(80-64-108)142(22,23)24/h25-98H,99-100H2,1-24H3/b33-25+,34-26+,35-27+,36-28+,37-29+,38-30+,39-31+,40-32+,45-41+,46-42+,47-43+,48-44+. The highest BCUT2D eigenvalue weighted by molar-refractivity contribution is 8.76. The Bertz CT molecular complexity index is 5930. The van der Waals surface area contributed by atoms with Gasteiger partial charge in [0.25, 0.3) is 0 Å². The molecule has 730 valence electrons. The lowest BCUT2D eigenvalue weighted by Crippen LogP contribution is -2.10. The van der Waals surface area contributed by atoms with Crippen LogP contribution in [0.25, 0.3) is 146 Å². The Labute approximate surface area is 874 Å². The van der Waals surface area contributed by atoms with Gasteiger partial charge in [0.05, 0.1) is 0 Å².